The number of hydrogen-bond acceptors (Lipinski definition) is 3. The van der Waals surface area contributed by atoms with Crippen LogP contribution in [0.2, 0.25) is 0 Å². The number of halogens is 2. The molecule has 0 aliphatic rings. The number of thiazole rings is 1. The molecule has 0 saturated heterocycles. The minimum Gasteiger partial charge on any atom is -0.323 e. The topological polar surface area (TPSA) is 38.9 Å². The molecule has 0 saturated carbocycles. The molecule has 1 heterocycles. The van der Waals surface area contributed by atoms with Gasteiger partial charge in [-0.15, -0.1) is 11.3 Å². The van der Waals surface area contributed by atoms with Gasteiger partial charge in [0.2, 0.25) is 0 Å². The third-order valence-corrected chi connectivity index (χ3v) is 4.94. The van der Waals surface area contributed by atoms with Crippen molar-refractivity contribution in [3.8, 4) is 10.6 Å². The van der Waals surface area contributed by atoms with E-state index in [1.807, 2.05) is 30.5 Å². The molecule has 2 nitrogen and oxygen atoms in total. The lowest BCUT2D eigenvalue weighted by Gasteiger charge is -2.00. The van der Waals surface area contributed by atoms with Crippen molar-refractivity contribution in [2.75, 3.05) is 0 Å². The lowest BCUT2D eigenvalue weighted by atomic mass is 10.2. The first-order chi connectivity index (χ1) is 7.58. The van der Waals surface area contributed by atoms with Crippen LogP contribution in [0.15, 0.2) is 32.5 Å². The maximum Gasteiger partial charge on any atom is 0.123 e. The summed E-state index contributed by atoms with van der Waals surface area (Å²) >= 11 is 8.55. The summed E-state index contributed by atoms with van der Waals surface area (Å²) in [6.07, 6.45) is 0. The van der Waals surface area contributed by atoms with E-state index in [4.69, 9.17) is 5.73 Å². The average molecular weight is 362 g/mol. The van der Waals surface area contributed by atoms with Crippen LogP contribution < -0.4 is 5.73 Å². The van der Waals surface area contributed by atoms with Crippen molar-refractivity contribution < 1.29 is 0 Å². The maximum atomic E-state index is 5.79. The molecular formula is C11H10Br2N2S. The van der Waals surface area contributed by atoms with Gasteiger partial charge in [0.05, 0.1) is 5.69 Å². The van der Waals surface area contributed by atoms with Gasteiger partial charge in [0.15, 0.2) is 0 Å². The van der Waals surface area contributed by atoms with E-state index in [1.54, 1.807) is 11.3 Å². The highest BCUT2D eigenvalue weighted by Gasteiger charge is 2.08. The summed E-state index contributed by atoms with van der Waals surface area (Å²) in [5.41, 5.74) is 7.83. The Morgan fingerprint density at radius 1 is 1.31 bits per heavy atom. The summed E-state index contributed by atoms with van der Waals surface area (Å²) in [5.74, 6) is 0. The summed E-state index contributed by atoms with van der Waals surface area (Å²) < 4.78 is 2.07. The monoisotopic (exact) mass is 360 g/mol. The largest absolute Gasteiger partial charge is 0.323 e. The van der Waals surface area contributed by atoms with E-state index < -0.39 is 0 Å². The fourth-order valence-corrected chi connectivity index (χ4v) is 2.80. The molecular weight excluding hydrogens is 352 g/mol. The molecule has 2 N–H and O–H groups in total. The van der Waals surface area contributed by atoms with Crippen LogP contribution in [0.3, 0.4) is 0 Å². The van der Waals surface area contributed by atoms with E-state index >= 15 is 0 Å². The number of nitrogens with two attached hydrogens (primary N) is 1. The fourth-order valence-electron chi connectivity index (χ4n) is 1.26. The highest BCUT2D eigenvalue weighted by Crippen LogP contribution is 2.31. The quantitative estimate of drug-likeness (QED) is 0.863. The lowest BCUT2D eigenvalue weighted by molar-refractivity contribution is 0.790. The molecule has 1 aromatic carbocycles. The van der Waals surface area contributed by atoms with Crippen LogP contribution in [0.25, 0.3) is 10.6 Å². The molecule has 16 heavy (non-hydrogen) atoms. The molecule has 5 heteroatoms. The van der Waals surface area contributed by atoms with Gasteiger partial charge >= 0.3 is 0 Å². The van der Waals surface area contributed by atoms with Crippen molar-refractivity contribution in [2.45, 2.75) is 13.0 Å². The summed E-state index contributed by atoms with van der Waals surface area (Å²) in [7, 11) is 0. The summed E-state index contributed by atoms with van der Waals surface area (Å²) in [6.45, 7) is 1.94. The van der Waals surface area contributed by atoms with E-state index in [9.17, 15) is 0 Å². The highest BCUT2D eigenvalue weighted by molar-refractivity contribution is 9.13. The Morgan fingerprint density at radius 2 is 2.06 bits per heavy atom. The second-order valence-electron chi connectivity index (χ2n) is 3.50. The van der Waals surface area contributed by atoms with Crippen LogP contribution in [-0.2, 0) is 0 Å². The lowest BCUT2D eigenvalue weighted by Crippen LogP contribution is -2.04. The van der Waals surface area contributed by atoms with Crippen molar-refractivity contribution in [3.63, 3.8) is 0 Å². The number of nitrogens with zero attached hydrogens (tertiary/aromatic N) is 1. The molecule has 1 atom stereocenters. The van der Waals surface area contributed by atoms with Crippen molar-refractivity contribution in [2.24, 2.45) is 5.73 Å². The van der Waals surface area contributed by atoms with Gasteiger partial charge in [-0.3, -0.25) is 0 Å². The zero-order chi connectivity index (χ0) is 11.7. The first-order valence-corrected chi connectivity index (χ1v) is 7.21. The van der Waals surface area contributed by atoms with Gasteiger partial charge in [0.1, 0.15) is 5.01 Å². The minimum absolute atomic E-state index is 0.0103. The summed E-state index contributed by atoms with van der Waals surface area (Å²) in [6, 6.07) is 6.09. The van der Waals surface area contributed by atoms with Crippen LogP contribution in [0.4, 0.5) is 0 Å². The Kier molecular flexibility index (Phi) is 3.79. The fraction of sp³-hybridized carbons (Fsp3) is 0.182. The Balaban J connectivity index is 2.39. The molecule has 0 spiro atoms. The summed E-state index contributed by atoms with van der Waals surface area (Å²) in [5, 5.41) is 3.01. The van der Waals surface area contributed by atoms with Gasteiger partial charge in [0.25, 0.3) is 0 Å². The predicted molar refractivity (Wildman–Crippen MR) is 75.6 cm³/mol. The number of aromatic nitrogens is 1. The number of benzene rings is 1. The van der Waals surface area contributed by atoms with E-state index in [0.29, 0.717) is 0 Å². The minimum atomic E-state index is -0.0103. The number of hydrogen-bond donors (Lipinski definition) is 1. The second-order valence-corrected chi connectivity index (χ2v) is 6.06. The molecule has 0 bridgehead atoms. The summed E-state index contributed by atoms with van der Waals surface area (Å²) in [4.78, 5) is 4.51. The number of rotatable bonds is 2. The van der Waals surface area contributed by atoms with E-state index in [1.165, 1.54) is 0 Å². The van der Waals surface area contributed by atoms with Crippen LogP contribution in [-0.4, -0.2) is 4.98 Å². The molecule has 0 radical (unpaired) electrons. The molecule has 2 aromatic rings. The molecule has 2 rings (SSSR count). The highest BCUT2D eigenvalue weighted by atomic mass is 79.9. The van der Waals surface area contributed by atoms with Crippen molar-refractivity contribution in [3.05, 3.63) is 38.2 Å². The van der Waals surface area contributed by atoms with Crippen molar-refractivity contribution in [1.29, 1.82) is 0 Å². The third-order valence-electron chi connectivity index (χ3n) is 2.16. The van der Waals surface area contributed by atoms with Gasteiger partial charge in [-0.05, 0) is 50.9 Å². The molecule has 1 aromatic heterocycles. The first-order valence-electron chi connectivity index (χ1n) is 4.74. The van der Waals surface area contributed by atoms with E-state index in [2.05, 4.69) is 36.8 Å². The third kappa shape index (κ3) is 2.53. The molecule has 0 aliphatic heterocycles. The standard InChI is InChI=1S/C11H10Br2N2S/c1-6(14)10-5-16-11(15-10)7-2-3-8(12)9(13)4-7/h2-6H,14H2,1H3. The SMILES string of the molecule is CC(N)c1csc(-c2ccc(Br)c(Br)c2)n1. The smallest absolute Gasteiger partial charge is 0.123 e. The molecule has 1 unspecified atom stereocenters. The van der Waals surface area contributed by atoms with Crippen LogP contribution in [0, 0.1) is 0 Å². The van der Waals surface area contributed by atoms with Gasteiger partial charge in [-0.25, -0.2) is 4.98 Å². The molecule has 0 fully saturated rings. The van der Waals surface area contributed by atoms with Crippen LogP contribution in [0.1, 0.15) is 18.7 Å². The zero-order valence-electron chi connectivity index (χ0n) is 8.58. The van der Waals surface area contributed by atoms with E-state index in [0.717, 1.165) is 25.2 Å². The Morgan fingerprint density at radius 3 is 2.62 bits per heavy atom. The Labute approximate surface area is 115 Å². The predicted octanol–water partition coefficient (Wildman–Crippen LogP) is 4.35. The van der Waals surface area contributed by atoms with Crippen molar-refractivity contribution in [1.82, 2.24) is 4.98 Å². The van der Waals surface area contributed by atoms with Crippen LogP contribution in [0.5, 0.6) is 0 Å². The molecule has 0 amide bonds. The van der Waals surface area contributed by atoms with E-state index in [-0.39, 0.29) is 6.04 Å². The Bertz CT molecular complexity index is 508. The van der Waals surface area contributed by atoms with Gasteiger partial charge in [0, 0.05) is 25.9 Å². The Hall–Kier alpha value is -0.230. The zero-order valence-corrected chi connectivity index (χ0v) is 12.6. The van der Waals surface area contributed by atoms with Gasteiger partial charge < -0.3 is 5.73 Å². The van der Waals surface area contributed by atoms with Gasteiger partial charge in [-0.1, -0.05) is 6.07 Å². The average Bonchev–Trinajstić information content (AvgIpc) is 2.71. The van der Waals surface area contributed by atoms with Gasteiger partial charge in [-0.2, -0.15) is 0 Å². The second kappa shape index (κ2) is 4.96. The molecule has 84 valence electrons. The normalized spacial score (nSPS) is 12.8. The first kappa shape index (κ1) is 12.2. The van der Waals surface area contributed by atoms with Crippen LogP contribution >= 0.6 is 43.2 Å². The van der Waals surface area contributed by atoms with Crippen molar-refractivity contribution >= 4 is 43.2 Å². The maximum absolute atomic E-state index is 5.79. The molecule has 0 aliphatic carbocycles.